The van der Waals surface area contributed by atoms with Crippen molar-refractivity contribution in [2.75, 3.05) is 33.4 Å². The van der Waals surface area contributed by atoms with E-state index in [1.807, 2.05) is 12.1 Å². The minimum absolute atomic E-state index is 0.0706. The first-order valence-electron chi connectivity index (χ1n) is 8.90. The quantitative estimate of drug-likeness (QED) is 0.481. The van der Waals surface area contributed by atoms with Crippen LogP contribution in [0.25, 0.3) is 0 Å². The average Bonchev–Trinajstić information content (AvgIpc) is 2.67. The Hall–Kier alpha value is -1.86. The molecule has 0 fully saturated rings. The third-order valence-electron chi connectivity index (χ3n) is 3.94. The second kappa shape index (κ2) is 11.8. The van der Waals surface area contributed by atoms with Gasteiger partial charge >= 0.3 is 0 Å². The van der Waals surface area contributed by atoms with E-state index in [2.05, 4.69) is 10.6 Å². The minimum atomic E-state index is -0.318. The first-order chi connectivity index (χ1) is 13.2. The highest BCUT2D eigenvalue weighted by molar-refractivity contribution is 6.32. The van der Waals surface area contributed by atoms with Gasteiger partial charge in [-0.1, -0.05) is 29.8 Å². The van der Waals surface area contributed by atoms with E-state index >= 15 is 0 Å². The van der Waals surface area contributed by atoms with Crippen LogP contribution in [0.2, 0.25) is 5.02 Å². The van der Waals surface area contributed by atoms with Crippen molar-refractivity contribution in [3.8, 4) is 11.5 Å². The van der Waals surface area contributed by atoms with Crippen LogP contribution < -0.4 is 20.1 Å². The molecule has 0 amide bonds. The zero-order chi connectivity index (χ0) is 19.5. The average molecular weight is 397 g/mol. The van der Waals surface area contributed by atoms with Crippen LogP contribution in [0.5, 0.6) is 11.5 Å². The molecule has 0 aliphatic carbocycles. The number of benzene rings is 2. The van der Waals surface area contributed by atoms with Crippen LogP contribution in [-0.4, -0.2) is 38.5 Å². The molecule has 3 N–H and O–H groups in total. The minimum Gasteiger partial charge on any atom is -0.493 e. The summed E-state index contributed by atoms with van der Waals surface area (Å²) in [5.74, 6) is 0.599. The molecule has 0 spiro atoms. The van der Waals surface area contributed by atoms with Crippen molar-refractivity contribution in [1.29, 1.82) is 0 Å². The SMILES string of the molecule is COc1cc(CNCCCNCCO)cc(Cl)c1OCc1ccccc1F. The Bertz CT molecular complexity index is 716. The molecule has 2 aromatic rings. The van der Waals surface area contributed by atoms with Crippen molar-refractivity contribution < 1.29 is 19.0 Å². The van der Waals surface area contributed by atoms with E-state index in [1.54, 1.807) is 25.3 Å². The van der Waals surface area contributed by atoms with E-state index in [-0.39, 0.29) is 19.0 Å². The molecule has 0 aliphatic rings. The van der Waals surface area contributed by atoms with Crippen molar-refractivity contribution in [3.63, 3.8) is 0 Å². The summed E-state index contributed by atoms with van der Waals surface area (Å²) in [6.45, 7) is 3.16. The van der Waals surface area contributed by atoms with Crippen molar-refractivity contribution in [2.45, 2.75) is 19.6 Å². The van der Waals surface area contributed by atoms with Gasteiger partial charge in [-0.25, -0.2) is 4.39 Å². The summed E-state index contributed by atoms with van der Waals surface area (Å²) in [6.07, 6.45) is 0.953. The molecule has 0 radical (unpaired) electrons. The van der Waals surface area contributed by atoms with Gasteiger partial charge in [0.05, 0.1) is 18.7 Å². The summed E-state index contributed by atoms with van der Waals surface area (Å²) in [5.41, 5.74) is 1.43. The number of ether oxygens (including phenoxy) is 2. The largest absolute Gasteiger partial charge is 0.493 e. The number of hydrogen-bond acceptors (Lipinski definition) is 5. The van der Waals surface area contributed by atoms with Gasteiger partial charge in [0.25, 0.3) is 0 Å². The first-order valence-corrected chi connectivity index (χ1v) is 9.28. The highest BCUT2D eigenvalue weighted by atomic mass is 35.5. The van der Waals surface area contributed by atoms with Gasteiger partial charge in [-0.2, -0.15) is 0 Å². The van der Waals surface area contributed by atoms with E-state index in [9.17, 15) is 4.39 Å². The van der Waals surface area contributed by atoms with Crippen LogP contribution in [0.1, 0.15) is 17.5 Å². The molecule has 0 bridgehead atoms. The second-order valence-electron chi connectivity index (χ2n) is 5.99. The lowest BCUT2D eigenvalue weighted by Crippen LogP contribution is -2.23. The molecule has 148 valence electrons. The summed E-state index contributed by atoms with van der Waals surface area (Å²) >= 11 is 6.36. The maximum absolute atomic E-state index is 13.7. The number of methoxy groups -OCH3 is 1. The van der Waals surface area contributed by atoms with E-state index < -0.39 is 0 Å². The number of halogens is 2. The molecular formula is C20H26ClFN2O3. The maximum Gasteiger partial charge on any atom is 0.180 e. The standard InChI is InChI=1S/C20H26ClFN2O3/c1-26-19-12-15(13-24-8-4-7-23-9-10-25)11-17(21)20(19)27-14-16-5-2-3-6-18(16)22/h2-3,5-6,11-12,23-25H,4,7-10,13-14H2,1H3. The fraction of sp³-hybridized carbons (Fsp3) is 0.400. The van der Waals surface area contributed by atoms with E-state index in [0.717, 1.165) is 25.1 Å². The number of aliphatic hydroxyl groups is 1. The van der Waals surface area contributed by atoms with Crippen molar-refractivity contribution >= 4 is 11.6 Å². The Labute approximate surface area is 164 Å². The summed E-state index contributed by atoms with van der Waals surface area (Å²) in [5, 5.41) is 15.6. The van der Waals surface area contributed by atoms with Crippen LogP contribution in [0.3, 0.4) is 0 Å². The zero-order valence-corrected chi connectivity index (χ0v) is 16.2. The predicted octanol–water partition coefficient (Wildman–Crippen LogP) is 3.13. The Balaban J connectivity index is 1.91. The summed E-state index contributed by atoms with van der Waals surface area (Å²) in [7, 11) is 1.55. The van der Waals surface area contributed by atoms with Crippen molar-refractivity contribution in [2.24, 2.45) is 0 Å². The molecule has 7 heteroatoms. The fourth-order valence-electron chi connectivity index (χ4n) is 2.56. The maximum atomic E-state index is 13.7. The molecule has 0 heterocycles. The van der Waals surface area contributed by atoms with Crippen LogP contribution in [-0.2, 0) is 13.2 Å². The smallest absolute Gasteiger partial charge is 0.180 e. The lowest BCUT2D eigenvalue weighted by atomic mass is 10.2. The first kappa shape index (κ1) is 21.4. The number of nitrogens with one attached hydrogen (secondary N) is 2. The predicted molar refractivity (Wildman–Crippen MR) is 105 cm³/mol. The van der Waals surface area contributed by atoms with E-state index in [1.165, 1.54) is 6.07 Å². The van der Waals surface area contributed by atoms with Gasteiger partial charge in [0.15, 0.2) is 11.5 Å². The third kappa shape index (κ3) is 6.99. The van der Waals surface area contributed by atoms with Gasteiger partial charge in [0.2, 0.25) is 0 Å². The highest BCUT2D eigenvalue weighted by Crippen LogP contribution is 2.37. The molecule has 27 heavy (non-hydrogen) atoms. The molecule has 0 saturated heterocycles. The number of rotatable bonds is 12. The monoisotopic (exact) mass is 396 g/mol. The van der Waals surface area contributed by atoms with Crippen LogP contribution >= 0.6 is 11.6 Å². The Morgan fingerprint density at radius 1 is 1.11 bits per heavy atom. The molecule has 0 atom stereocenters. The number of aliphatic hydroxyl groups excluding tert-OH is 1. The topological polar surface area (TPSA) is 62.8 Å². The molecular weight excluding hydrogens is 371 g/mol. The van der Waals surface area contributed by atoms with Gasteiger partial charge in [-0.15, -0.1) is 0 Å². The molecule has 0 aromatic heterocycles. The highest BCUT2D eigenvalue weighted by Gasteiger charge is 2.13. The van der Waals surface area contributed by atoms with Gasteiger partial charge in [0, 0.05) is 18.7 Å². The molecule has 0 unspecified atom stereocenters. The molecule has 2 aromatic carbocycles. The van der Waals surface area contributed by atoms with Crippen LogP contribution in [0.4, 0.5) is 4.39 Å². The van der Waals surface area contributed by atoms with Gasteiger partial charge in [0.1, 0.15) is 12.4 Å². The lowest BCUT2D eigenvalue weighted by Gasteiger charge is -2.15. The summed E-state index contributed by atoms with van der Waals surface area (Å²) < 4.78 is 24.8. The Morgan fingerprint density at radius 3 is 2.63 bits per heavy atom. The summed E-state index contributed by atoms with van der Waals surface area (Å²) in [6, 6.07) is 10.1. The molecule has 2 rings (SSSR count). The van der Waals surface area contributed by atoms with E-state index in [4.69, 9.17) is 26.2 Å². The van der Waals surface area contributed by atoms with Gasteiger partial charge in [-0.05, 0) is 43.3 Å². The normalized spacial score (nSPS) is 10.8. The van der Waals surface area contributed by atoms with Gasteiger partial charge < -0.3 is 25.2 Å². The van der Waals surface area contributed by atoms with E-state index in [0.29, 0.717) is 35.2 Å². The third-order valence-corrected chi connectivity index (χ3v) is 4.22. The summed E-state index contributed by atoms with van der Waals surface area (Å²) in [4.78, 5) is 0. The van der Waals surface area contributed by atoms with Crippen molar-refractivity contribution in [3.05, 3.63) is 58.4 Å². The fourth-order valence-corrected chi connectivity index (χ4v) is 2.84. The lowest BCUT2D eigenvalue weighted by molar-refractivity contribution is 0.279. The van der Waals surface area contributed by atoms with Crippen LogP contribution in [0.15, 0.2) is 36.4 Å². The Kier molecular flexibility index (Phi) is 9.35. The molecule has 0 saturated carbocycles. The molecule has 5 nitrogen and oxygen atoms in total. The zero-order valence-electron chi connectivity index (χ0n) is 15.4. The second-order valence-corrected chi connectivity index (χ2v) is 6.40. The number of hydrogen-bond donors (Lipinski definition) is 3. The van der Waals surface area contributed by atoms with Crippen molar-refractivity contribution in [1.82, 2.24) is 10.6 Å². The molecule has 0 aliphatic heterocycles. The van der Waals surface area contributed by atoms with Crippen LogP contribution in [0, 0.1) is 5.82 Å². The Morgan fingerprint density at radius 2 is 1.89 bits per heavy atom. The van der Waals surface area contributed by atoms with Gasteiger partial charge in [-0.3, -0.25) is 0 Å².